The summed E-state index contributed by atoms with van der Waals surface area (Å²) in [6, 6.07) is 6.02. The number of aliphatic carboxylic acids is 1. The van der Waals surface area contributed by atoms with Crippen LogP contribution in [0.4, 0.5) is 0 Å². The van der Waals surface area contributed by atoms with Gasteiger partial charge in [0.05, 0.1) is 16.8 Å². The highest BCUT2D eigenvalue weighted by Crippen LogP contribution is 2.57. The van der Waals surface area contributed by atoms with Gasteiger partial charge in [-0.1, -0.05) is 37.2 Å². The molecule has 1 heterocycles. The van der Waals surface area contributed by atoms with Gasteiger partial charge in [-0.25, -0.2) is 4.98 Å². The smallest absolute Gasteiger partial charge is 0.313 e. The average molecular weight is 311 g/mol. The maximum atomic E-state index is 10.8. The Kier molecular flexibility index (Phi) is 3.21. The van der Waals surface area contributed by atoms with Gasteiger partial charge in [0.15, 0.2) is 5.16 Å². The molecule has 6 heteroatoms. The number of aromatic nitrogens is 2. The minimum atomic E-state index is -0.832. The maximum Gasteiger partial charge on any atom is 0.313 e. The quantitative estimate of drug-likeness (QED) is 0.872. The Morgan fingerprint density at radius 3 is 2.90 bits per heavy atom. The molecule has 106 valence electrons. The number of carboxylic acids is 1. The van der Waals surface area contributed by atoms with E-state index in [9.17, 15) is 4.79 Å². The Morgan fingerprint density at radius 2 is 2.30 bits per heavy atom. The molecular formula is C14H15ClN2O2S. The summed E-state index contributed by atoms with van der Waals surface area (Å²) in [6.45, 7) is 4.43. The zero-order valence-corrected chi connectivity index (χ0v) is 12.8. The van der Waals surface area contributed by atoms with Crippen molar-refractivity contribution in [2.75, 3.05) is 5.75 Å². The predicted octanol–water partition coefficient (Wildman–Crippen LogP) is 3.84. The fraction of sp³-hybridized carbons (Fsp3) is 0.429. The van der Waals surface area contributed by atoms with Gasteiger partial charge in [-0.3, -0.25) is 4.79 Å². The van der Waals surface area contributed by atoms with Crippen LogP contribution in [-0.4, -0.2) is 26.4 Å². The van der Waals surface area contributed by atoms with E-state index in [1.54, 1.807) is 0 Å². The molecule has 1 atom stereocenters. The van der Waals surface area contributed by atoms with E-state index < -0.39 is 5.97 Å². The van der Waals surface area contributed by atoms with Gasteiger partial charge in [-0.15, -0.1) is 0 Å². The highest BCUT2D eigenvalue weighted by atomic mass is 35.5. The van der Waals surface area contributed by atoms with Crippen LogP contribution in [0.2, 0.25) is 5.02 Å². The average Bonchev–Trinajstić information content (AvgIpc) is 2.82. The van der Waals surface area contributed by atoms with Crippen molar-refractivity contribution in [3.8, 4) is 0 Å². The highest BCUT2D eigenvalue weighted by molar-refractivity contribution is 7.99. The van der Waals surface area contributed by atoms with Crippen molar-refractivity contribution >= 4 is 40.4 Å². The molecule has 1 aliphatic carbocycles. The van der Waals surface area contributed by atoms with E-state index in [2.05, 4.69) is 23.4 Å². The van der Waals surface area contributed by atoms with Crippen LogP contribution in [0.15, 0.2) is 23.4 Å². The lowest BCUT2D eigenvalue weighted by Gasteiger charge is -2.10. The summed E-state index contributed by atoms with van der Waals surface area (Å²) in [5, 5.41) is 10.3. The molecular weight excluding hydrogens is 296 g/mol. The van der Waals surface area contributed by atoms with E-state index in [1.807, 2.05) is 18.2 Å². The van der Waals surface area contributed by atoms with Crippen LogP contribution in [0, 0.1) is 5.41 Å². The van der Waals surface area contributed by atoms with Gasteiger partial charge < -0.3 is 9.67 Å². The molecule has 1 N–H and O–H groups in total. The number of rotatable bonds is 4. The molecule has 0 aliphatic heterocycles. The number of carboxylic acid groups (broad SMARTS) is 1. The molecule has 20 heavy (non-hydrogen) atoms. The number of thioether (sulfide) groups is 1. The van der Waals surface area contributed by atoms with Crippen LogP contribution in [0.5, 0.6) is 0 Å². The first-order valence-corrected chi connectivity index (χ1v) is 7.77. The molecule has 3 rings (SSSR count). The van der Waals surface area contributed by atoms with E-state index in [4.69, 9.17) is 16.7 Å². The van der Waals surface area contributed by atoms with Gasteiger partial charge in [0.1, 0.15) is 0 Å². The molecule has 4 nitrogen and oxygen atoms in total. The molecule has 0 bridgehead atoms. The highest BCUT2D eigenvalue weighted by Gasteiger charge is 2.48. The standard InChI is InChI=1S/C14H15ClN2O2S/c1-14(2)6-11(14)17-10-4-3-8(15)5-9(10)16-13(17)20-7-12(18)19/h3-5,11H,6-7H2,1-2H3,(H,18,19). The van der Waals surface area contributed by atoms with E-state index in [-0.39, 0.29) is 11.2 Å². The van der Waals surface area contributed by atoms with E-state index in [0.29, 0.717) is 11.1 Å². The van der Waals surface area contributed by atoms with Gasteiger partial charge in [0.25, 0.3) is 0 Å². The summed E-state index contributed by atoms with van der Waals surface area (Å²) >= 11 is 7.27. The largest absolute Gasteiger partial charge is 0.481 e. The molecule has 0 spiro atoms. The lowest BCUT2D eigenvalue weighted by molar-refractivity contribution is -0.133. The van der Waals surface area contributed by atoms with Gasteiger partial charge in [0, 0.05) is 11.1 Å². The van der Waals surface area contributed by atoms with Crippen LogP contribution < -0.4 is 0 Å². The Balaban J connectivity index is 2.07. The second-order valence-electron chi connectivity index (χ2n) is 5.79. The predicted molar refractivity (Wildman–Crippen MR) is 80.5 cm³/mol. The maximum absolute atomic E-state index is 10.8. The van der Waals surface area contributed by atoms with E-state index in [0.717, 1.165) is 22.6 Å². The van der Waals surface area contributed by atoms with Gasteiger partial charge >= 0.3 is 5.97 Å². The van der Waals surface area contributed by atoms with Crippen molar-refractivity contribution in [2.45, 2.75) is 31.5 Å². The molecule has 0 radical (unpaired) electrons. The number of fused-ring (bicyclic) bond motifs is 1. The first-order chi connectivity index (χ1) is 9.38. The van der Waals surface area contributed by atoms with Crippen molar-refractivity contribution in [1.29, 1.82) is 0 Å². The topological polar surface area (TPSA) is 55.1 Å². The number of carbonyl (C=O) groups is 1. The molecule has 0 amide bonds. The van der Waals surface area contributed by atoms with Crippen LogP contribution in [-0.2, 0) is 4.79 Å². The molecule has 1 unspecified atom stereocenters. The first kappa shape index (κ1) is 13.8. The molecule has 1 saturated carbocycles. The minimum Gasteiger partial charge on any atom is -0.481 e. The Hall–Kier alpha value is -1.20. The van der Waals surface area contributed by atoms with Gasteiger partial charge in [0.2, 0.25) is 0 Å². The monoisotopic (exact) mass is 310 g/mol. The summed E-state index contributed by atoms with van der Waals surface area (Å²) in [6.07, 6.45) is 1.09. The molecule has 1 aromatic carbocycles. The summed E-state index contributed by atoms with van der Waals surface area (Å²) in [4.78, 5) is 15.3. The molecule has 2 aromatic rings. The molecule has 1 fully saturated rings. The normalized spacial score (nSPS) is 20.2. The van der Waals surface area contributed by atoms with Crippen LogP contribution in [0.3, 0.4) is 0 Å². The number of halogens is 1. The number of nitrogens with zero attached hydrogens (tertiary/aromatic N) is 2. The fourth-order valence-corrected chi connectivity index (χ4v) is 3.41. The second-order valence-corrected chi connectivity index (χ2v) is 7.17. The third kappa shape index (κ3) is 2.40. The fourth-order valence-electron chi connectivity index (χ4n) is 2.46. The number of benzene rings is 1. The summed E-state index contributed by atoms with van der Waals surface area (Å²) in [5.74, 6) is -0.814. The molecule has 1 aromatic heterocycles. The van der Waals surface area contributed by atoms with Crippen molar-refractivity contribution < 1.29 is 9.90 Å². The van der Waals surface area contributed by atoms with Crippen molar-refractivity contribution in [2.24, 2.45) is 5.41 Å². The third-order valence-electron chi connectivity index (χ3n) is 3.72. The molecule has 0 saturated heterocycles. The zero-order valence-electron chi connectivity index (χ0n) is 11.3. The van der Waals surface area contributed by atoms with Gasteiger partial charge in [-0.2, -0.15) is 0 Å². The van der Waals surface area contributed by atoms with Crippen molar-refractivity contribution in [3.05, 3.63) is 23.2 Å². The summed E-state index contributed by atoms with van der Waals surface area (Å²) in [7, 11) is 0. The molecule has 1 aliphatic rings. The number of hydrogen-bond acceptors (Lipinski definition) is 3. The first-order valence-electron chi connectivity index (χ1n) is 6.40. The van der Waals surface area contributed by atoms with Crippen LogP contribution in [0.1, 0.15) is 26.3 Å². The Morgan fingerprint density at radius 1 is 1.60 bits per heavy atom. The van der Waals surface area contributed by atoms with Crippen molar-refractivity contribution in [3.63, 3.8) is 0 Å². The Bertz CT molecular complexity index is 696. The lowest BCUT2D eigenvalue weighted by atomic mass is 10.2. The van der Waals surface area contributed by atoms with Gasteiger partial charge in [-0.05, 0) is 30.0 Å². The zero-order chi connectivity index (χ0) is 14.5. The SMILES string of the molecule is CC1(C)CC1n1c(SCC(=O)O)nc2cc(Cl)ccc21. The van der Waals surface area contributed by atoms with E-state index in [1.165, 1.54) is 11.8 Å². The van der Waals surface area contributed by atoms with Crippen LogP contribution >= 0.6 is 23.4 Å². The number of hydrogen-bond donors (Lipinski definition) is 1. The second kappa shape index (κ2) is 4.67. The third-order valence-corrected chi connectivity index (χ3v) is 4.89. The lowest BCUT2D eigenvalue weighted by Crippen LogP contribution is -2.04. The van der Waals surface area contributed by atoms with Crippen LogP contribution in [0.25, 0.3) is 11.0 Å². The number of imidazole rings is 1. The summed E-state index contributed by atoms with van der Waals surface area (Å²) in [5.41, 5.74) is 2.09. The van der Waals surface area contributed by atoms with Crippen molar-refractivity contribution in [1.82, 2.24) is 9.55 Å². The van der Waals surface area contributed by atoms with E-state index >= 15 is 0 Å². The minimum absolute atomic E-state index is 0.0181. The summed E-state index contributed by atoms with van der Waals surface area (Å²) < 4.78 is 2.17. The Labute approximate surface area is 126 Å².